The van der Waals surface area contributed by atoms with Crippen LogP contribution < -0.4 is 10.1 Å². The van der Waals surface area contributed by atoms with Crippen molar-refractivity contribution in [1.29, 1.82) is 0 Å². The maximum Gasteiger partial charge on any atom is 0.214 e. The third-order valence-corrected chi connectivity index (χ3v) is 3.20. The molecular weight excluding hydrogens is 264 g/mol. The van der Waals surface area contributed by atoms with E-state index < -0.39 is 0 Å². The molecule has 1 aromatic heterocycles. The first kappa shape index (κ1) is 15.7. The Morgan fingerprint density at radius 3 is 2.81 bits per heavy atom. The van der Waals surface area contributed by atoms with Crippen molar-refractivity contribution in [1.82, 2.24) is 10.3 Å². The van der Waals surface area contributed by atoms with Crippen LogP contribution in [0.5, 0.6) is 5.88 Å². The quantitative estimate of drug-likeness (QED) is 0.720. The summed E-state index contributed by atoms with van der Waals surface area (Å²) in [6, 6.07) is 10.2. The average Bonchev–Trinajstić information content (AvgIpc) is 2.52. The number of fused-ring (bicyclic) bond motifs is 1. The summed E-state index contributed by atoms with van der Waals surface area (Å²) in [5.74, 6) is 0.668. The van der Waals surface area contributed by atoms with Crippen LogP contribution in [-0.2, 0) is 11.3 Å². The lowest BCUT2D eigenvalue weighted by Crippen LogP contribution is -2.14. The standard InChI is InChI=1S/C17H24N2O2/c1-3-9-18-13-14-12-17(21-11-10-20-4-2)19-16-8-6-5-7-15(14)16/h5-8,12,18H,3-4,9-11,13H2,1-2H3. The van der Waals surface area contributed by atoms with E-state index in [1.807, 2.05) is 31.2 Å². The molecule has 1 N–H and O–H groups in total. The topological polar surface area (TPSA) is 43.4 Å². The van der Waals surface area contributed by atoms with Crippen LogP contribution >= 0.6 is 0 Å². The molecule has 4 nitrogen and oxygen atoms in total. The molecule has 2 aromatic rings. The Morgan fingerprint density at radius 2 is 2.00 bits per heavy atom. The molecule has 0 bridgehead atoms. The van der Waals surface area contributed by atoms with Crippen molar-refractivity contribution < 1.29 is 9.47 Å². The van der Waals surface area contributed by atoms with Crippen LogP contribution in [0.3, 0.4) is 0 Å². The third kappa shape index (κ3) is 4.69. The van der Waals surface area contributed by atoms with Gasteiger partial charge >= 0.3 is 0 Å². The number of ether oxygens (including phenoxy) is 2. The lowest BCUT2D eigenvalue weighted by Gasteiger charge is -2.11. The summed E-state index contributed by atoms with van der Waals surface area (Å²) in [6.07, 6.45) is 1.13. The first-order chi connectivity index (χ1) is 10.3. The molecule has 0 aliphatic carbocycles. The van der Waals surface area contributed by atoms with Crippen LogP contribution in [-0.4, -0.2) is 31.3 Å². The van der Waals surface area contributed by atoms with E-state index in [-0.39, 0.29) is 0 Å². The molecule has 21 heavy (non-hydrogen) atoms. The van der Waals surface area contributed by atoms with Gasteiger partial charge in [0.25, 0.3) is 0 Å². The zero-order chi connectivity index (χ0) is 14.9. The third-order valence-electron chi connectivity index (χ3n) is 3.20. The summed E-state index contributed by atoms with van der Waals surface area (Å²) in [7, 11) is 0. The van der Waals surface area contributed by atoms with Crippen LogP contribution in [0.25, 0.3) is 10.9 Å². The van der Waals surface area contributed by atoms with Crippen LogP contribution in [0.4, 0.5) is 0 Å². The largest absolute Gasteiger partial charge is 0.475 e. The van der Waals surface area contributed by atoms with Gasteiger partial charge in [0.05, 0.1) is 12.1 Å². The number of nitrogens with one attached hydrogen (secondary N) is 1. The molecule has 0 saturated carbocycles. The van der Waals surface area contributed by atoms with E-state index in [9.17, 15) is 0 Å². The molecule has 0 saturated heterocycles. The molecule has 0 spiro atoms. The number of rotatable bonds is 9. The second kappa shape index (κ2) is 8.60. The number of pyridine rings is 1. The normalized spacial score (nSPS) is 11.0. The van der Waals surface area contributed by atoms with Crippen molar-refractivity contribution in [2.75, 3.05) is 26.4 Å². The summed E-state index contributed by atoms with van der Waals surface area (Å²) in [5.41, 5.74) is 2.19. The molecule has 2 rings (SSSR count). The molecule has 0 unspecified atom stereocenters. The van der Waals surface area contributed by atoms with Crippen molar-refractivity contribution in [2.45, 2.75) is 26.8 Å². The number of hydrogen-bond acceptors (Lipinski definition) is 4. The SMILES string of the molecule is CCCNCc1cc(OCCOCC)nc2ccccc12. The van der Waals surface area contributed by atoms with Crippen LogP contribution in [0.2, 0.25) is 0 Å². The Hall–Kier alpha value is -1.65. The fourth-order valence-electron chi connectivity index (χ4n) is 2.19. The number of benzene rings is 1. The minimum atomic E-state index is 0.529. The second-order valence-electron chi connectivity index (χ2n) is 4.86. The smallest absolute Gasteiger partial charge is 0.214 e. The van der Waals surface area contributed by atoms with E-state index in [2.05, 4.69) is 23.3 Å². The van der Waals surface area contributed by atoms with Gasteiger partial charge in [-0.3, -0.25) is 0 Å². The molecule has 4 heteroatoms. The summed E-state index contributed by atoms with van der Waals surface area (Å²) in [4.78, 5) is 4.56. The van der Waals surface area contributed by atoms with Crippen molar-refractivity contribution in [3.05, 3.63) is 35.9 Å². The first-order valence-electron chi connectivity index (χ1n) is 7.65. The van der Waals surface area contributed by atoms with Gasteiger partial charge in [-0.05, 0) is 31.5 Å². The molecule has 114 valence electrons. The lowest BCUT2D eigenvalue weighted by molar-refractivity contribution is 0.108. The summed E-state index contributed by atoms with van der Waals surface area (Å²) >= 11 is 0. The average molecular weight is 288 g/mol. The lowest BCUT2D eigenvalue weighted by atomic mass is 10.1. The van der Waals surface area contributed by atoms with E-state index in [1.54, 1.807) is 0 Å². The highest BCUT2D eigenvalue weighted by atomic mass is 16.5. The van der Waals surface area contributed by atoms with Gasteiger partial charge in [0.15, 0.2) is 0 Å². The van der Waals surface area contributed by atoms with E-state index in [4.69, 9.17) is 9.47 Å². The molecule has 0 amide bonds. The number of hydrogen-bond donors (Lipinski definition) is 1. The summed E-state index contributed by atoms with van der Waals surface area (Å²) in [5, 5.41) is 4.62. The zero-order valence-corrected chi connectivity index (χ0v) is 12.9. The molecule has 1 aromatic carbocycles. The number of aromatic nitrogens is 1. The van der Waals surface area contributed by atoms with Gasteiger partial charge in [-0.2, -0.15) is 0 Å². The Labute approximate surface area is 126 Å². The molecule has 0 atom stereocenters. The van der Waals surface area contributed by atoms with Gasteiger partial charge in [-0.15, -0.1) is 0 Å². The highest BCUT2D eigenvalue weighted by Gasteiger charge is 2.06. The minimum Gasteiger partial charge on any atom is -0.475 e. The predicted molar refractivity (Wildman–Crippen MR) is 85.7 cm³/mol. The van der Waals surface area contributed by atoms with Crippen LogP contribution in [0, 0.1) is 0 Å². The number of nitrogens with zero attached hydrogens (tertiary/aromatic N) is 1. The zero-order valence-electron chi connectivity index (χ0n) is 12.9. The highest BCUT2D eigenvalue weighted by molar-refractivity contribution is 5.82. The van der Waals surface area contributed by atoms with Crippen molar-refractivity contribution in [3.8, 4) is 5.88 Å². The number of para-hydroxylation sites is 1. The molecule has 0 fully saturated rings. The fraction of sp³-hybridized carbons (Fsp3) is 0.471. The Kier molecular flexibility index (Phi) is 6.44. The highest BCUT2D eigenvalue weighted by Crippen LogP contribution is 2.22. The summed E-state index contributed by atoms with van der Waals surface area (Å²) < 4.78 is 11.0. The fourth-order valence-corrected chi connectivity index (χ4v) is 2.19. The molecule has 1 heterocycles. The first-order valence-corrected chi connectivity index (χ1v) is 7.65. The van der Waals surface area contributed by atoms with Gasteiger partial charge in [-0.1, -0.05) is 25.1 Å². The van der Waals surface area contributed by atoms with Gasteiger partial charge in [0.1, 0.15) is 6.61 Å². The van der Waals surface area contributed by atoms with Crippen LogP contribution in [0.15, 0.2) is 30.3 Å². The van der Waals surface area contributed by atoms with E-state index in [1.165, 1.54) is 10.9 Å². The van der Waals surface area contributed by atoms with Crippen molar-refractivity contribution >= 4 is 10.9 Å². The van der Waals surface area contributed by atoms with Crippen molar-refractivity contribution in [2.24, 2.45) is 0 Å². The second-order valence-corrected chi connectivity index (χ2v) is 4.86. The monoisotopic (exact) mass is 288 g/mol. The van der Waals surface area contributed by atoms with Crippen molar-refractivity contribution in [3.63, 3.8) is 0 Å². The van der Waals surface area contributed by atoms with E-state index in [0.717, 1.165) is 25.0 Å². The Bertz CT molecular complexity index is 557. The molecule has 0 radical (unpaired) electrons. The van der Waals surface area contributed by atoms with Gasteiger partial charge in [-0.25, -0.2) is 4.98 Å². The van der Waals surface area contributed by atoms with Gasteiger partial charge in [0, 0.05) is 24.6 Å². The van der Waals surface area contributed by atoms with E-state index in [0.29, 0.717) is 25.7 Å². The van der Waals surface area contributed by atoms with E-state index >= 15 is 0 Å². The maximum absolute atomic E-state index is 5.70. The van der Waals surface area contributed by atoms with Gasteiger partial charge < -0.3 is 14.8 Å². The minimum absolute atomic E-state index is 0.529. The molecule has 0 aliphatic heterocycles. The Morgan fingerprint density at radius 1 is 1.14 bits per heavy atom. The molecule has 0 aliphatic rings. The Balaban J connectivity index is 2.14. The molecular formula is C17H24N2O2. The predicted octanol–water partition coefficient (Wildman–Crippen LogP) is 3.15. The van der Waals surface area contributed by atoms with Gasteiger partial charge in [0.2, 0.25) is 5.88 Å². The summed E-state index contributed by atoms with van der Waals surface area (Å²) in [6.45, 7) is 7.82. The maximum atomic E-state index is 5.70. The van der Waals surface area contributed by atoms with Crippen LogP contribution in [0.1, 0.15) is 25.8 Å².